The van der Waals surface area contributed by atoms with Crippen molar-refractivity contribution in [3.63, 3.8) is 0 Å². The van der Waals surface area contributed by atoms with Gasteiger partial charge in [0.15, 0.2) is 11.6 Å². The Bertz CT molecular complexity index is 1290. The first-order chi connectivity index (χ1) is 16.2. The first-order valence-electron chi connectivity index (χ1n) is 10.1. The molecular weight excluding hydrogens is 477 g/mol. The number of ether oxygens (including phenoxy) is 1. The van der Waals surface area contributed by atoms with E-state index in [1.54, 1.807) is 0 Å². The summed E-state index contributed by atoms with van der Waals surface area (Å²) in [4.78, 5) is 28.9. The van der Waals surface area contributed by atoms with Gasteiger partial charge in [-0.15, -0.1) is 13.2 Å². The first kappa shape index (κ1) is 25.8. The Morgan fingerprint density at radius 1 is 1.14 bits per heavy atom. The summed E-state index contributed by atoms with van der Waals surface area (Å²) < 4.78 is 71.0. The molecule has 0 aliphatic heterocycles. The van der Waals surface area contributed by atoms with Crippen molar-refractivity contribution in [2.45, 2.75) is 38.4 Å². The van der Waals surface area contributed by atoms with Gasteiger partial charge in [-0.1, -0.05) is 6.07 Å². The van der Waals surface area contributed by atoms with Gasteiger partial charge < -0.3 is 19.7 Å². The lowest BCUT2D eigenvalue weighted by Crippen LogP contribution is -2.34. The molecule has 0 aliphatic rings. The molecule has 0 bridgehead atoms. The smallest absolute Gasteiger partial charge is 0.403 e. The molecular formula is C23H20F5N3O4. The van der Waals surface area contributed by atoms with E-state index in [2.05, 4.69) is 15.0 Å². The van der Waals surface area contributed by atoms with Gasteiger partial charge in [0, 0.05) is 18.5 Å². The fraction of sp³-hybridized carbons (Fsp3) is 0.261. The van der Waals surface area contributed by atoms with Gasteiger partial charge in [-0.2, -0.15) is 0 Å². The third-order valence-electron chi connectivity index (χ3n) is 4.65. The molecule has 0 saturated carbocycles. The Morgan fingerprint density at radius 2 is 1.86 bits per heavy atom. The third-order valence-corrected chi connectivity index (χ3v) is 4.65. The van der Waals surface area contributed by atoms with Crippen LogP contribution in [0.4, 0.5) is 22.0 Å². The van der Waals surface area contributed by atoms with Crippen LogP contribution in [0.2, 0.25) is 0 Å². The van der Waals surface area contributed by atoms with Gasteiger partial charge in [0.25, 0.3) is 11.5 Å². The number of carbonyl (C=O) groups excluding carboxylic acids is 1. The van der Waals surface area contributed by atoms with Crippen molar-refractivity contribution in [3.05, 3.63) is 93.7 Å². The highest BCUT2D eigenvalue weighted by atomic mass is 19.4. The summed E-state index contributed by atoms with van der Waals surface area (Å²) in [6.07, 6.45) is -2.73. The number of nitrogens with zero attached hydrogens (tertiary/aromatic N) is 2. The van der Waals surface area contributed by atoms with Crippen LogP contribution >= 0.6 is 0 Å². The molecule has 2 heterocycles. The topological polar surface area (TPSA) is 93.5 Å². The van der Waals surface area contributed by atoms with Crippen molar-refractivity contribution in [2.75, 3.05) is 0 Å². The highest BCUT2D eigenvalue weighted by Gasteiger charge is 2.33. The number of pyridine rings is 2. The highest BCUT2D eigenvalue weighted by molar-refractivity contribution is 5.94. The van der Waals surface area contributed by atoms with Crippen molar-refractivity contribution in [1.82, 2.24) is 14.9 Å². The van der Waals surface area contributed by atoms with E-state index in [4.69, 9.17) is 0 Å². The van der Waals surface area contributed by atoms with Crippen molar-refractivity contribution in [3.8, 4) is 5.75 Å². The molecule has 3 rings (SSSR count). The summed E-state index contributed by atoms with van der Waals surface area (Å²) in [5.74, 6) is -4.18. The lowest BCUT2D eigenvalue weighted by molar-refractivity contribution is -0.275. The molecule has 1 unspecified atom stereocenters. The predicted octanol–water partition coefficient (Wildman–Crippen LogP) is 3.71. The molecule has 0 radical (unpaired) electrons. The Labute approximate surface area is 195 Å². The van der Waals surface area contributed by atoms with Crippen LogP contribution in [-0.2, 0) is 6.54 Å². The maximum atomic E-state index is 14.5. The second-order valence-corrected chi connectivity index (χ2v) is 8.21. The van der Waals surface area contributed by atoms with E-state index in [1.165, 1.54) is 38.4 Å². The summed E-state index contributed by atoms with van der Waals surface area (Å²) in [7, 11) is 0. The summed E-state index contributed by atoms with van der Waals surface area (Å²) in [6.45, 7) is 2.80. The lowest BCUT2D eigenvalue weighted by atomic mass is 10.0. The largest absolute Gasteiger partial charge is 0.573 e. The van der Waals surface area contributed by atoms with Crippen LogP contribution in [0.25, 0.3) is 0 Å². The Balaban J connectivity index is 1.99. The van der Waals surface area contributed by atoms with E-state index < -0.39 is 46.9 Å². The minimum atomic E-state index is -5.13. The third kappa shape index (κ3) is 6.85. The van der Waals surface area contributed by atoms with Crippen LogP contribution in [0.5, 0.6) is 5.75 Å². The Morgan fingerprint density at radius 3 is 2.46 bits per heavy atom. The molecule has 1 aromatic carbocycles. The molecule has 3 aromatic rings. The first-order valence-corrected chi connectivity index (χ1v) is 10.1. The van der Waals surface area contributed by atoms with Crippen LogP contribution in [-0.4, -0.2) is 32.5 Å². The van der Waals surface area contributed by atoms with Gasteiger partial charge in [-0.25, -0.2) is 8.78 Å². The zero-order valence-corrected chi connectivity index (χ0v) is 18.4. The molecule has 186 valence electrons. The Kier molecular flexibility index (Phi) is 7.25. The van der Waals surface area contributed by atoms with Crippen LogP contribution in [0.15, 0.2) is 59.7 Å². The van der Waals surface area contributed by atoms with Crippen molar-refractivity contribution in [1.29, 1.82) is 0 Å². The normalized spacial score (nSPS) is 12.8. The number of halogens is 5. The fourth-order valence-corrected chi connectivity index (χ4v) is 3.24. The average molecular weight is 497 g/mol. The van der Waals surface area contributed by atoms with E-state index in [9.17, 15) is 36.6 Å². The van der Waals surface area contributed by atoms with Crippen molar-refractivity contribution in [2.24, 2.45) is 0 Å². The van der Waals surface area contributed by atoms with E-state index in [1.807, 2.05) is 0 Å². The van der Waals surface area contributed by atoms with Gasteiger partial charge in [-0.05, 0) is 49.7 Å². The number of carbonyl (C=O) groups is 1. The van der Waals surface area contributed by atoms with E-state index in [0.717, 1.165) is 22.8 Å². The van der Waals surface area contributed by atoms with Gasteiger partial charge in [0.05, 0.1) is 23.8 Å². The van der Waals surface area contributed by atoms with Crippen molar-refractivity contribution >= 4 is 5.91 Å². The maximum Gasteiger partial charge on any atom is 0.573 e. The number of hydrogen-bond acceptors (Lipinski definition) is 5. The number of hydrogen-bond donors (Lipinski definition) is 2. The van der Waals surface area contributed by atoms with Gasteiger partial charge >= 0.3 is 6.36 Å². The van der Waals surface area contributed by atoms with E-state index in [0.29, 0.717) is 12.1 Å². The molecule has 7 nitrogen and oxygen atoms in total. The van der Waals surface area contributed by atoms with Crippen LogP contribution in [0.3, 0.4) is 0 Å². The highest BCUT2D eigenvalue weighted by Crippen LogP contribution is 2.30. The quantitative estimate of drug-likeness (QED) is 0.486. The van der Waals surface area contributed by atoms with Gasteiger partial charge in [-0.3, -0.25) is 14.6 Å². The minimum Gasteiger partial charge on any atom is -0.403 e. The predicted molar refractivity (Wildman–Crippen MR) is 114 cm³/mol. The van der Waals surface area contributed by atoms with Gasteiger partial charge in [0.2, 0.25) is 0 Å². The van der Waals surface area contributed by atoms with Crippen LogP contribution in [0.1, 0.15) is 41.5 Å². The minimum absolute atomic E-state index is 0.0484. The monoisotopic (exact) mass is 497 g/mol. The molecule has 0 spiro atoms. The van der Waals surface area contributed by atoms with Gasteiger partial charge in [0.1, 0.15) is 11.5 Å². The summed E-state index contributed by atoms with van der Waals surface area (Å²) in [5.41, 5.74) is -2.25. The zero-order valence-electron chi connectivity index (χ0n) is 18.4. The average Bonchev–Trinajstić information content (AvgIpc) is 2.74. The molecule has 2 N–H and O–H groups in total. The lowest BCUT2D eigenvalue weighted by Gasteiger charge is -2.21. The molecule has 2 aromatic heterocycles. The molecule has 1 amide bonds. The summed E-state index contributed by atoms with van der Waals surface area (Å²) >= 11 is 0. The van der Waals surface area contributed by atoms with E-state index in [-0.39, 0.29) is 23.4 Å². The van der Waals surface area contributed by atoms with Crippen LogP contribution < -0.4 is 15.6 Å². The molecule has 35 heavy (non-hydrogen) atoms. The molecule has 0 aliphatic carbocycles. The Hall–Kier alpha value is -3.80. The number of aliphatic hydroxyl groups is 1. The summed E-state index contributed by atoms with van der Waals surface area (Å²) in [5, 5.41) is 12.5. The maximum absolute atomic E-state index is 14.5. The van der Waals surface area contributed by atoms with Crippen LogP contribution in [0, 0.1) is 11.6 Å². The molecule has 1 atom stereocenters. The summed E-state index contributed by atoms with van der Waals surface area (Å²) in [6, 6.07) is 5.60. The number of rotatable bonds is 7. The molecule has 0 saturated heterocycles. The molecule has 12 heteroatoms. The van der Waals surface area contributed by atoms with Crippen molar-refractivity contribution < 1.29 is 36.6 Å². The fourth-order valence-electron chi connectivity index (χ4n) is 3.24. The second kappa shape index (κ2) is 9.82. The number of amides is 1. The number of alkyl halides is 3. The SMILES string of the molecule is CC(C)(O)Cn1cc(C(=O)NC(c2ccc(OC(F)(F)F)c(F)c2)c2ncccc2F)ccc1=O. The standard InChI is InChI=1S/C23H20F5N3O4/c1-22(2,34)12-31-11-14(6-8-18(31)32)21(33)30-19(20-15(24)4-3-9-29-20)13-5-7-17(16(25)10-13)35-23(26,27)28/h3-11,19,34H,12H2,1-2H3,(H,30,33). The molecule has 0 fully saturated rings. The number of nitrogens with one attached hydrogen (secondary N) is 1. The second-order valence-electron chi connectivity index (χ2n) is 8.21. The zero-order chi connectivity index (χ0) is 26.0. The van der Waals surface area contributed by atoms with E-state index >= 15 is 0 Å². The number of benzene rings is 1. The number of aromatic nitrogens is 2.